The summed E-state index contributed by atoms with van der Waals surface area (Å²) >= 11 is 0. The number of aromatic nitrogens is 3. The van der Waals surface area contributed by atoms with Crippen molar-refractivity contribution in [1.29, 1.82) is 0 Å². The van der Waals surface area contributed by atoms with Crippen LogP contribution in [0.3, 0.4) is 0 Å². The van der Waals surface area contributed by atoms with Crippen LogP contribution < -0.4 is 0 Å². The summed E-state index contributed by atoms with van der Waals surface area (Å²) in [4.78, 5) is 10.9. The zero-order valence-electron chi connectivity index (χ0n) is 29.0. The van der Waals surface area contributed by atoms with E-state index < -0.39 is 0 Å². The van der Waals surface area contributed by atoms with E-state index in [1.165, 1.54) is 59.4 Å². The highest BCUT2D eigenvalue weighted by molar-refractivity contribution is 6.37. The van der Waals surface area contributed by atoms with E-state index in [0.29, 0.717) is 5.71 Å². The molecule has 0 radical (unpaired) electrons. The predicted octanol–water partition coefficient (Wildman–Crippen LogP) is 13.4. The minimum absolute atomic E-state index is 0.524. The van der Waals surface area contributed by atoms with Crippen LogP contribution in [0.1, 0.15) is 0 Å². The molecule has 3 heterocycles. The Bertz CT molecular complexity index is 3450. The Labute approximate surface area is 309 Å². The van der Waals surface area contributed by atoms with Crippen LogP contribution in [0, 0.1) is 0 Å². The normalized spacial score (nSPS) is 12.1. The third-order valence-corrected chi connectivity index (χ3v) is 11.2. The van der Waals surface area contributed by atoms with Gasteiger partial charge in [0.2, 0.25) is 5.71 Å². The van der Waals surface area contributed by atoms with E-state index in [2.05, 4.69) is 156 Å². The fourth-order valence-electron chi connectivity index (χ4n) is 8.81. The summed E-state index contributed by atoms with van der Waals surface area (Å²) < 4.78 is 8.72. The minimum Gasteiger partial charge on any atom is -0.436 e. The van der Waals surface area contributed by atoms with Crippen molar-refractivity contribution in [2.45, 2.75) is 0 Å². The second-order valence-corrected chi connectivity index (χ2v) is 14.1. The summed E-state index contributed by atoms with van der Waals surface area (Å²) in [6.45, 7) is 0. The molecule has 0 fully saturated rings. The number of hydrogen-bond donors (Lipinski definition) is 0. The minimum atomic E-state index is 0.524. The predicted molar refractivity (Wildman–Crippen MR) is 225 cm³/mol. The molecular weight excluding hydrogens is 659 g/mol. The van der Waals surface area contributed by atoms with Crippen molar-refractivity contribution in [3.63, 3.8) is 0 Å². The zero-order chi connectivity index (χ0) is 35.3. The van der Waals surface area contributed by atoms with Crippen molar-refractivity contribution in [2.24, 2.45) is 0 Å². The number of rotatable bonds is 3. The van der Waals surface area contributed by atoms with Gasteiger partial charge in [0.1, 0.15) is 16.8 Å². The molecule has 0 saturated carbocycles. The summed E-state index contributed by atoms with van der Waals surface area (Å²) in [6.07, 6.45) is 0. The molecule has 0 aliphatic carbocycles. The van der Waals surface area contributed by atoms with E-state index in [1.54, 1.807) is 0 Å². The SMILES string of the molecule is c1ccc(-c2ccc(-c3nc4oc5ccccc5c4nc3-n3c4ccc5ccccc5c4c4c5c6ccccc6c6ccccc6c5ccc43)cc2)cc1. The van der Waals surface area contributed by atoms with Crippen LogP contribution in [-0.2, 0) is 0 Å². The molecule has 9 aromatic carbocycles. The molecule has 0 bridgehead atoms. The largest absolute Gasteiger partial charge is 0.436 e. The van der Waals surface area contributed by atoms with Gasteiger partial charge in [0.15, 0.2) is 5.82 Å². The number of para-hydroxylation sites is 1. The standard InChI is InChI=1S/C50H29N3O/c1-2-12-30(13-3-1)31-22-24-33(25-23-31)47-49(51-48-40-20-10-11-21-43(40)54-50(48)52-47)53-41-28-26-32-14-4-5-15-34(32)45(41)46-42(53)29-27-39-37-18-7-6-16-35(37)36-17-8-9-19-38(36)44(39)46/h1-29H. The van der Waals surface area contributed by atoms with Crippen LogP contribution in [-0.4, -0.2) is 14.5 Å². The van der Waals surface area contributed by atoms with Gasteiger partial charge < -0.3 is 4.42 Å². The molecule has 0 aliphatic heterocycles. The lowest BCUT2D eigenvalue weighted by atomic mass is 9.91. The first-order valence-electron chi connectivity index (χ1n) is 18.3. The highest BCUT2D eigenvalue weighted by atomic mass is 16.3. The molecule has 0 amide bonds. The van der Waals surface area contributed by atoms with Gasteiger partial charge in [0.05, 0.1) is 11.0 Å². The van der Waals surface area contributed by atoms with Gasteiger partial charge in [0, 0.05) is 27.1 Å². The molecule has 0 aliphatic rings. The molecule has 250 valence electrons. The fraction of sp³-hybridized carbons (Fsp3) is 0. The lowest BCUT2D eigenvalue weighted by Crippen LogP contribution is -2.03. The van der Waals surface area contributed by atoms with Gasteiger partial charge in [-0.15, -0.1) is 0 Å². The molecule has 12 rings (SSSR count). The highest BCUT2D eigenvalue weighted by Crippen LogP contribution is 2.46. The molecule has 4 nitrogen and oxygen atoms in total. The van der Waals surface area contributed by atoms with Crippen molar-refractivity contribution >= 4 is 87.1 Å². The Morgan fingerprint density at radius 1 is 0.370 bits per heavy atom. The molecule has 12 aromatic rings. The summed E-state index contributed by atoms with van der Waals surface area (Å²) in [5, 5.41) is 13.3. The molecule has 0 unspecified atom stereocenters. The molecule has 54 heavy (non-hydrogen) atoms. The molecular formula is C50H29N3O. The molecule has 3 aromatic heterocycles. The molecule has 0 N–H and O–H groups in total. The van der Waals surface area contributed by atoms with E-state index in [1.807, 2.05) is 24.3 Å². The first-order chi connectivity index (χ1) is 26.8. The molecule has 0 atom stereocenters. The quantitative estimate of drug-likeness (QED) is 0.174. The Hall–Kier alpha value is -7.30. The Kier molecular flexibility index (Phi) is 6.02. The summed E-state index contributed by atoms with van der Waals surface area (Å²) in [5.41, 5.74) is 8.25. The Morgan fingerprint density at radius 2 is 0.926 bits per heavy atom. The van der Waals surface area contributed by atoms with Crippen molar-refractivity contribution < 1.29 is 4.42 Å². The summed E-state index contributed by atoms with van der Waals surface area (Å²) in [6, 6.07) is 62.6. The topological polar surface area (TPSA) is 43.9 Å². The Balaban J connectivity index is 1.27. The smallest absolute Gasteiger partial charge is 0.247 e. The van der Waals surface area contributed by atoms with Gasteiger partial charge >= 0.3 is 0 Å². The van der Waals surface area contributed by atoms with Crippen LogP contribution in [0.25, 0.3) is 115 Å². The van der Waals surface area contributed by atoms with E-state index >= 15 is 0 Å². The lowest BCUT2D eigenvalue weighted by Gasteiger charge is -2.14. The fourth-order valence-corrected chi connectivity index (χ4v) is 8.81. The number of fused-ring (bicyclic) bond motifs is 15. The van der Waals surface area contributed by atoms with Crippen LogP contribution in [0.15, 0.2) is 180 Å². The van der Waals surface area contributed by atoms with Gasteiger partial charge in [-0.25, -0.2) is 9.97 Å². The van der Waals surface area contributed by atoms with E-state index in [0.717, 1.165) is 50.2 Å². The van der Waals surface area contributed by atoms with Gasteiger partial charge in [0.25, 0.3) is 0 Å². The average molecular weight is 688 g/mol. The molecule has 0 saturated heterocycles. The number of benzene rings is 9. The maximum Gasteiger partial charge on any atom is 0.247 e. The van der Waals surface area contributed by atoms with Gasteiger partial charge in [-0.3, -0.25) is 4.57 Å². The maximum atomic E-state index is 6.38. The average Bonchev–Trinajstić information content (AvgIpc) is 3.79. The summed E-state index contributed by atoms with van der Waals surface area (Å²) in [5.74, 6) is 0.765. The van der Waals surface area contributed by atoms with Gasteiger partial charge in [-0.2, -0.15) is 0 Å². The number of hydrogen-bond acceptors (Lipinski definition) is 3. The second kappa shape index (κ2) is 11.1. The monoisotopic (exact) mass is 687 g/mol. The van der Waals surface area contributed by atoms with Crippen LogP contribution in [0.4, 0.5) is 0 Å². The lowest BCUT2D eigenvalue weighted by molar-refractivity contribution is 0.653. The van der Waals surface area contributed by atoms with Crippen molar-refractivity contribution in [3.05, 3.63) is 176 Å². The van der Waals surface area contributed by atoms with Crippen molar-refractivity contribution in [3.8, 4) is 28.2 Å². The van der Waals surface area contributed by atoms with E-state index in [4.69, 9.17) is 14.4 Å². The maximum absolute atomic E-state index is 6.38. The van der Waals surface area contributed by atoms with Crippen molar-refractivity contribution in [2.75, 3.05) is 0 Å². The molecule has 0 spiro atoms. The van der Waals surface area contributed by atoms with Crippen molar-refractivity contribution in [1.82, 2.24) is 14.5 Å². The van der Waals surface area contributed by atoms with Crippen LogP contribution in [0.2, 0.25) is 0 Å². The van der Waals surface area contributed by atoms with Crippen LogP contribution >= 0.6 is 0 Å². The van der Waals surface area contributed by atoms with E-state index in [-0.39, 0.29) is 0 Å². The Morgan fingerprint density at radius 3 is 1.70 bits per heavy atom. The number of nitrogens with zero attached hydrogens (tertiary/aromatic N) is 3. The van der Waals surface area contributed by atoms with Gasteiger partial charge in [-0.05, 0) is 73.1 Å². The van der Waals surface area contributed by atoms with Crippen LogP contribution in [0.5, 0.6) is 0 Å². The first kappa shape index (κ1) is 29.3. The third-order valence-electron chi connectivity index (χ3n) is 11.2. The summed E-state index contributed by atoms with van der Waals surface area (Å²) in [7, 11) is 0. The highest BCUT2D eigenvalue weighted by Gasteiger charge is 2.25. The second-order valence-electron chi connectivity index (χ2n) is 14.1. The molecule has 4 heteroatoms. The zero-order valence-corrected chi connectivity index (χ0v) is 29.0. The third kappa shape index (κ3) is 4.08. The van der Waals surface area contributed by atoms with Gasteiger partial charge in [-0.1, -0.05) is 152 Å². The number of furan rings is 1. The first-order valence-corrected chi connectivity index (χ1v) is 18.3. The van der Waals surface area contributed by atoms with E-state index in [9.17, 15) is 0 Å².